The van der Waals surface area contributed by atoms with Crippen molar-refractivity contribution in [3.05, 3.63) is 290 Å². The number of benzene rings is 13. The summed E-state index contributed by atoms with van der Waals surface area (Å²) in [6.07, 6.45) is 0. The molecule has 5 heterocycles. The van der Waals surface area contributed by atoms with Crippen LogP contribution >= 0.6 is 0 Å². The first-order valence-electron chi connectivity index (χ1n) is 32.1. The molecule has 2 aliphatic heterocycles. The number of nitrogens with zero attached hydrogens (tertiary/aromatic N) is 3. The van der Waals surface area contributed by atoms with Gasteiger partial charge in [-0.2, -0.15) is 0 Å². The van der Waals surface area contributed by atoms with Crippen LogP contribution in [-0.2, 0) is 10.8 Å². The maximum absolute atomic E-state index is 6.42. The summed E-state index contributed by atoms with van der Waals surface area (Å²) in [5.74, 6) is 0. The minimum atomic E-state index is -0.158. The Morgan fingerprint density at radius 3 is 1.02 bits per heavy atom. The molecule has 16 aromatic rings. The van der Waals surface area contributed by atoms with Crippen LogP contribution in [0.5, 0.6) is 0 Å². The molecule has 0 N–H and O–H groups in total. The lowest BCUT2D eigenvalue weighted by Crippen LogP contribution is -2.61. The van der Waals surface area contributed by atoms with E-state index >= 15 is 0 Å². The molecule has 0 saturated carbocycles. The Labute approximate surface area is 535 Å². The molecule has 0 amide bonds. The largest absolute Gasteiger partial charge is 0.456 e. The first-order chi connectivity index (χ1) is 44.8. The van der Waals surface area contributed by atoms with E-state index < -0.39 is 0 Å². The Morgan fingerprint density at radius 1 is 0.272 bits per heavy atom. The van der Waals surface area contributed by atoms with E-state index in [4.69, 9.17) is 8.83 Å². The molecule has 0 bridgehead atoms. The summed E-state index contributed by atoms with van der Waals surface area (Å²) in [6, 6.07) is 104. The fourth-order valence-corrected chi connectivity index (χ4v) is 15.0. The second-order valence-electron chi connectivity index (χ2n) is 27.3. The van der Waals surface area contributed by atoms with Crippen molar-refractivity contribution in [3.63, 3.8) is 0 Å². The molecule has 3 aromatic heterocycles. The quantitative estimate of drug-likeness (QED) is 0.149. The van der Waals surface area contributed by atoms with E-state index in [1.165, 1.54) is 60.5 Å². The number of fused-ring (bicyclic) bond motifs is 13. The molecule has 0 saturated heterocycles. The second kappa shape index (κ2) is 20.2. The van der Waals surface area contributed by atoms with Crippen molar-refractivity contribution in [2.75, 3.05) is 9.80 Å². The zero-order valence-electron chi connectivity index (χ0n) is 52.3. The summed E-state index contributed by atoms with van der Waals surface area (Å²) < 4.78 is 15.3. The Bertz CT molecular complexity index is 5310. The van der Waals surface area contributed by atoms with Crippen LogP contribution < -0.4 is 26.2 Å². The van der Waals surface area contributed by atoms with E-state index in [0.717, 1.165) is 117 Å². The lowest BCUT2D eigenvalue weighted by molar-refractivity contribution is 0.590. The highest BCUT2D eigenvalue weighted by atomic mass is 16.3. The first-order valence-corrected chi connectivity index (χ1v) is 32.1. The molecule has 0 spiro atoms. The molecular weight excluding hydrogens is 1120 g/mol. The fraction of sp³-hybridized carbons (Fsp3) is 0.0930. The van der Waals surface area contributed by atoms with Crippen LogP contribution in [0.3, 0.4) is 0 Å². The zero-order chi connectivity index (χ0) is 61.7. The lowest BCUT2D eigenvalue weighted by Gasteiger charge is -2.44. The van der Waals surface area contributed by atoms with Crippen molar-refractivity contribution < 1.29 is 8.83 Å². The molecule has 13 aromatic carbocycles. The van der Waals surface area contributed by atoms with E-state index in [-0.39, 0.29) is 17.5 Å². The van der Waals surface area contributed by atoms with Gasteiger partial charge in [0.1, 0.15) is 22.3 Å². The van der Waals surface area contributed by atoms with Gasteiger partial charge < -0.3 is 23.2 Å². The van der Waals surface area contributed by atoms with Gasteiger partial charge in [0.2, 0.25) is 0 Å². The topological polar surface area (TPSA) is 37.7 Å². The minimum Gasteiger partial charge on any atom is -0.456 e. The highest BCUT2D eigenvalue weighted by Crippen LogP contribution is 2.49. The third kappa shape index (κ3) is 8.54. The maximum Gasteiger partial charge on any atom is 0.252 e. The van der Waals surface area contributed by atoms with Crippen LogP contribution in [0.25, 0.3) is 116 Å². The molecule has 0 unspecified atom stereocenters. The van der Waals surface area contributed by atoms with Crippen LogP contribution in [0.15, 0.2) is 288 Å². The van der Waals surface area contributed by atoms with Gasteiger partial charge in [0.05, 0.1) is 16.7 Å². The van der Waals surface area contributed by atoms with Gasteiger partial charge in [-0.15, -0.1) is 0 Å². The van der Waals surface area contributed by atoms with Gasteiger partial charge in [0, 0.05) is 66.4 Å². The van der Waals surface area contributed by atoms with Gasteiger partial charge in [0.25, 0.3) is 6.71 Å². The van der Waals surface area contributed by atoms with E-state index in [9.17, 15) is 0 Å². The van der Waals surface area contributed by atoms with Gasteiger partial charge in [-0.3, -0.25) is 0 Å². The van der Waals surface area contributed by atoms with Crippen molar-refractivity contribution in [2.24, 2.45) is 0 Å². The number of para-hydroxylation sites is 4. The average Bonchev–Trinajstić information content (AvgIpc) is 0.711. The SMILES string of the molecule is CC(C)(C)c1ccc(-c2ccc(N3c4cc(-c5ccc6oc7ccccc7c6c5)ccc4B4c5ccc(-c6ccc7oc8ccccc8c7c6)cc5N(c5ccc(-c6ccc(C(C)(C)C)cc6)cc5)c5cc(-n6c7ccccc7c7ccccc76)cc3c54)cc2)cc1. The van der Waals surface area contributed by atoms with Crippen molar-refractivity contribution >= 4 is 123 Å². The summed E-state index contributed by atoms with van der Waals surface area (Å²) in [7, 11) is 0. The fourth-order valence-electron chi connectivity index (χ4n) is 15.0. The molecule has 92 heavy (non-hydrogen) atoms. The summed E-state index contributed by atoms with van der Waals surface area (Å²) in [4.78, 5) is 5.13. The van der Waals surface area contributed by atoms with Gasteiger partial charge in [-0.05, 0) is 180 Å². The van der Waals surface area contributed by atoms with Crippen molar-refractivity contribution in [3.8, 4) is 50.2 Å². The van der Waals surface area contributed by atoms with Crippen LogP contribution in [0.1, 0.15) is 52.7 Å². The highest BCUT2D eigenvalue weighted by Gasteiger charge is 2.44. The standard InChI is InChI=1S/C86H64BN3O2/c1-85(2,3)61-35-23-53(24-36-61)55-27-39-63(40-28-55)88-76-49-59(57-33-45-82-70(47-57)68-17-9-13-21-80(68)91-82)31-43-72(76)87-73-44-32-60(58-34-46-83-71(48-58)69-18-10-14-22-81(69)92-83)50-77(73)89(64-41-29-56(30-42-64)54-25-37-62(38-26-54)86(4,5)6)79-52-65(51-78(88)84(79)87)90-74-19-11-7-15-66(74)67-16-8-12-20-75(67)90/h7-52H,1-6H3. The van der Waals surface area contributed by atoms with Crippen LogP contribution in [0.2, 0.25) is 0 Å². The van der Waals surface area contributed by atoms with E-state index in [2.05, 4.69) is 323 Å². The Balaban J connectivity index is 0.908. The van der Waals surface area contributed by atoms with Gasteiger partial charge in [0.15, 0.2) is 0 Å². The Morgan fingerprint density at radius 2 is 0.609 bits per heavy atom. The van der Waals surface area contributed by atoms with Crippen LogP contribution in [0, 0.1) is 0 Å². The smallest absolute Gasteiger partial charge is 0.252 e. The normalized spacial score (nSPS) is 13.0. The summed E-state index contributed by atoms with van der Waals surface area (Å²) in [6.45, 7) is 13.5. The third-order valence-corrected chi connectivity index (χ3v) is 19.7. The molecule has 18 rings (SSSR count). The number of rotatable bonds is 7. The van der Waals surface area contributed by atoms with Gasteiger partial charge in [-0.1, -0.05) is 224 Å². The molecule has 0 atom stereocenters. The number of aromatic nitrogens is 1. The van der Waals surface area contributed by atoms with E-state index in [1.807, 2.05) is 12.1 Å². The monoisotopic (exact) mass is 1180 g/mol. The molecule has 0 aliphatic carbocycles. The first kappa shape index (κ1) is 53.9. The van der Waals surface area contributed by atoms with E-state index in [0.29, 0.717) is 0 Å². The van der Waals surface area contributed by atoms with Crippen LogP contribution in [0.4, 0.5) is 34.1 Å². The third-order valence-electron chi connectivity index (χ3n) is 19.7. The molecule has 438 valence electrons. The Hall–Kier alpha value is -11.1. The average molecular weight is 1180 g/mol. The maximum atomic E-state index is 6.42. The molecule has 0 fully saturated rings. The predicted octanol–water partition coefficient (Wildman–Crippen LogP) is 21.9. The Kier molecular flexibility index (Phi) is 11.8. The molecule has 5 nitrogen and oxygen atoms in total. The highest BCUT2D eigenvalue weighted by molar-refractivity contribution is 7.00. The lowest BCUT2D eigenvalue weighted by atomic mass is 9.33. The van der Waals surface area contributed by atoms with Gasteiger partial charge >= 0.3 is 0 Å². The zero-order valence-corrected chi connectivity index (χ0v) is 52.3. The summed E-state index contributed by atoms with van der Waals surface area (Å²) in [5, 5.41) is 6.87. The summed E-state index contributed by atoms with van der Waals surface area (Å²) in [5.41, 5.74) is 29.3. The molecule has 0 radical (unpaired) electrons. The minimum absolute atomic E-state index is 0.0533. The van der Waals surface area contributed by atoms with Crippen molar-refractivity contribution in [1.29, 1.82) is 0 Å². The predicted molar refractivity (Wildman–Crippen MR) is 389 cm³/mol. The summed E-state index contributed by atoms with van der Waals surface area (Å²) >= 11 is 0. The van der Waals surface area contributed by atoms with Gasteiger partial charge in [-0.25, -0.2) is 0 Å². The number of hydrogen-bond acceptors (Lipinski definition) is 4. The molecular formula is C86H64BN3O2. The number of anilines is 6. The van der Waals surface area contributed by atoms with E-state index in [1.54, 1.807) is 0 Å². The van der Waals surface area contributed by atoms with Crippen molar-refractivity contribution in [2.45, 2.75) is 52.4 Å². The molecule has 2 aliphatic rings. The second-order valence-corrected chi connectivity index (χ2v) is 27.3. The number of furan rings is 2. The number of hydrogen-bond donors (Lipinski definition) is 0. The molecule has 6 heteroatoms. The van der Waals surface area contributed by atoms with Crippen molar-refractivity contribution in [1.82, 2.24) is 4.57 Å². The van der Waals surface area contributed by atoms with Crippen LogP contribution in [-0.4, -0.2) is 11.3 Å².